The van der Waals surface area contributed by atoms with E-state index in [4.69, 9.17) is 5.73 Å². The molecule has 0 spiro atoms. The maximum absolute atomic E-state index is 14.2. The van der Waals surface area contributed by atoms with Crippen molar-refractivity contribution in [3.8, 4) is 11.1 Å². The summed E-state index contributed by atoms with van der Waals surface area (Å²) >= 11 is 4.33. The van der Waals surface area contributed by atoms with Gasteiger partial charge in [-0.2, -0.15) is 0 Å². The highest BCUT2D eigenvalue weighted by Crippen LogP contribution is 2.35. The molecule has 136 valence electrons. The fraction of sp³-hybridized carbons (Fsp3) is 0.278. The van der Waals surface area contributed by atoms with Crippen LogP contribution >= 0.6 is 12.6 Å². The standard InChI is InChI=1S/C18H18F3N3S.2H2/c19-11-7-13(16(21)14(20)8-11)12-5-2-6-15(25)17(12)24-18(22)23-9-10-3-1-4-10;;/h2,5-8,10,25H,1,3-4,9H2,(H3,22,23,24);2*1H. The largest absolute Gasteiger partial charge is 0.370 e. The first-order valence-corrected chi connectivity index (χ1v) is 8.44. The number of nitrogens with zero attached hydrogens (tertiary/aromatic N) is 1. The lowest BCUT2D eigenvalue weighted by Gasteiger charge is -2.23. The molecule has 1 fully saturated rings. The Kier molecular flexibility index (Phi) is 5.22. The molecule has 0 atom stereocenters. The summed E-state index contributed by atoms with van der Waals surface area (Å²) < 4.78 is 41.3. The maximum Gasteiger partial charge on any atom is 0.193 e. The van der Waals surface area contributed by atoms with Gasteiger partial charge in [0.1, 0.15) is 5.82 Å². The Labute approximate surface area is 152 Å². The van der Waals surface area contributed by atoms with Crippen molar-refractivity contribution >= 4 is 24.3 Å². The van der Waals surface area contributed by atoms with Crippen molar-refractivity contribution in [3.05, 3.63) is 47.8 Å². The summed E-state index contributed by atoms with van der Waals surface area (Å²) in [4.78, 5) is 4.74. The van der Waals surface area contributed by atoms with Gasteiger partial charge in [-0.25, -0.2) is 13.2 Å². The van der Waals surface area contributed by atoms with E-state index >= 15 is 0 Å². The van der Waals surface area contributed by atoms with E-state index in [0.717, 1.165) is 18.9 Å². The minimum absolute atomic E-state index is 0. The fourth-order valence-electron chi connectivity index (χ4n) is 2.72. The first-order valence-electron chi connectivity index (χ1n) is 7.99. The molecule has 25 heavy (non-hydrogen) atoms. The number of para-hydroxylation sites is 1. The first-order chi connectivity index (χ1) is 12.0. The van der Waals surface area contributed by atoms with Crippen LogP contribution in [0, 0.1) is 23.4 Å². The van der Waals surface area contributed by atoms with Crippen LogP contribution in [0.4, 0.5) is 18.9 Å². The Hall–Kier alpha value is -2.15. The van der Waals surface area contributed by atoms with E-state index in [9.17, 15) is 13.2 Å². The topological polar surface area (TPSA) is 50.4 Å². The van der Waals surface area contributed by atoms with Gasteiger partial charge in [0.15, 0.2) is 17.6 Å². The van der Waals surface area contributed by atoms with Crippen LogP contribution in [0.2, 0.25) is 0 Å². The highest BCUT2D eigenvalue weighted by molar-refractivity contribution is 7.80. The number of hydrogen-bond donors (Lipinski definition) is 3. The van der Waals surface area contributed by atoms with Crippen LogP contribution in [0.25, 0.3) is 11.1 Å². The third-order valence-corrected chi connectivity index (χ3v) is 4.70. The van der Waals surface area contributed by atoms with Gasteiger partial charge in [0, 0.05) is 31.5 Å². The van der Waals surface area contributed by atoms with Gasteiger partial charge in [0.05, 0.1) is 5.69 Å². The zero-order valence-corrected chi connectivity index (χ0v) is 14.3. The predicted molar refractivity (Wildman–Crippen MR) is 101 cm³/mol. The van der Waals surface area contributed by atoms with Crippen molar-refractivity contribution in [1.29, 1.82) is 0 Å². The molecule has 3 rings (SSSR count). The Balaban J connectivity index is 0.00000182. The molecule has 1 aliphatic rings. The van der Waals surface area contributed by atoms with Crippen molar-refractivity contribution in [2.45, 2.75) is 24.2 Å². The van der Waals surface area contributed by atoms with Gasteiger partial charge >= 0.3 is 0 Å². The van der Waals surface area contributed by atoms with E-state index in [0.29, 0.717) is 29.1 Å². The minimum Gasteiger partial charge on any atom is -0.370 e. The number of hydrogen-bond acceptors (Lipinski definition) is 2. The number of nitrogens with one attached hydrogen (secondary N) is 1. The molecule has 3 N–H and O–H groups in total. The quantitative estimate of drug-likeness (QED) is 0.305. The number of rotatable bonds is 4. The number of anilines is 1. The van der Waals surface area contributed by atoms with Crippen LogP contribution in [-0.2, 0) is 0 Å². The van der Waals surface area contributed by atoms with E-state index < -0.39 is 17.5 Å². The van der Waals surface area contributed by atoms with Gasteiger partial charge in [-0.1, -0.05) is 18.6 Å². The highest BCUT2D eigenvalue weighted by Gasteiger charge is 2.19. The number of benzene rings is 2. The average Bonchev–Trinajstić information content (AvgIpc) is 2.51. The molecule has 0 unspecified atom stereocenters. The zero-order chi connectivity index (χ0) is 18.0. The summed E-state index contributed by atoms with van der Waals surface area (Å²) in [6.07, 6.45) is 3.49. The third-order valence-electron chi connectivity index (χ3n) is 4.32. The SMILES string of the molecule is NC(=NCC1CCC1)Nc1c(S)cccc1-c1cc(F)cc(F)c1F.[HH].[HH]. The normalized spacial score (nSPS) is 15.1. The van der Waals surface area contributed by atoms with Crippen molar-refractivity contribution < 1.29 is 16.0 Å². The molecule has 2 aromatic rings. The molecule has 0 radical (unpaired) electrons. The van der Waals surface area contributed by atoms with Crippen LogP contribution in [0.15, 0.2) is 40.2 Å². The van der Waals surface area contributed by atoms with Crippen molar-refractivity contribution in [3.63, 3.8) is 0 Å². The van der Waals surface area contributed by atoms with Gasteiger partial charge in [0.25, 0.3) is 0 Å². The van der Waals surface area contributed by atoms with Crippen molar-refractivity contribution in [2.75, 3.05) is 11.9 Å². The number of halogens is 3. The van der Waals surface area contributed by atoms with E-state index in [2.05, 4.69) is 22.9 Å². The number of aliphatic imine (C=N–C) groups is 1. The molecule has 0 aromatic heterocycles. The molecule has 1 aliphatic carbocycles. The van der Waals surface area contributed by atoms with Gasteiger partial charge in [-0.05, 0) is 30.9 Å². The molecule has 0 heterocycles. The van der Waals surface area contributed by atoms with E-state index in [1.165, 1.54) is 6.42 Å². The number of nitrogens with two attached hydrogens (primary N) is 1. The highest BCUT2D eigenvalue weighted by atomic mass is 32.1. The zero-order valence-electron chi connectivity index (χ0n) is 13.4. The molecule has 7 heteroatoms. The van der Waals surface area contributed by atoms with Crippen LogP contribution in [0.3, 0.4) is 0 Å². The van der Waals surface area contributed by atoms with Crippen LogP contribution in [0.5, 0.6) is 0 Å². The van der Waals surface area contributed by atoms with Gasteiger partial charge in [-0.3, -0.25) is 4.99 Å². The van der Waals surface area contributed by atoms with Gasteiger partial charge in [-0.15, -0.1) is 12.6 Å². The van der Waals surface area contributed by atoms with Crippen LogP contribution < -0.4 is 11.1 Å². The first kappa shape index (κ1) is 17.7. The van der Waals surface area contributed by atoms with E-state index in [1.54, 1.807) is 18.2 Å². The Bertz CT molecular complexity index is 830. The summed E-state index contributed by atoms with van der Waals surface area (Å²) in [5.74, 6) is -2.55. The molecular formula is C18H22F3N3S. The summed E-state index contributed by atoms with van der Waals surface area (Å²) in [7, 11) is 0. The second-order valence-electron chi connectivity index (χ2n) is 6.10. The lowest BCUT2D eigenvalue weighted by atomic mass is 9.86. The predicted octanol–water partition coefficient (Wildman–Crippen LogP) is 5.08. The summed E-state index contributed by atoms with van der Waals surface area (Å²) in [6, 6.07) is 6.27. The second-order valence-corrected chi connectivity index (χ2v) is 6.58. The summed E-state index contributed by atoms with van der Waals surface area (Å²) in [5.41, 5.74) is 6.31. The van der Waals surface area contributed by atoms with Crippen LogP contribution in [-0.4, -0.2) is 12.5 Å². The minimum atomic E-state index is -1.25. The Morgan fingerprint density at radius 2 is 2.00 bits per heavy atom. The van der Waals surface area contributed by atoms with E-state index in [1.807, 2.05) is 0 Å². The lowest BCUT2D eigenvalue weighted by Crippen LogP contribution is -2.25. The second kappa shape index (κ2) is 7.39. The molecule has 0 aliphatic heterocycles. The number of guanidine groups is 1. The Morgan fingerprint density at radius 1 is 1.24 bits per heavy atom. The monoisotopic (exact) mass is 369 g/mol. The molecule has 0 amide bonds. The van der Waals surface area contributed by atoms with Crippen LogP contribution in [0.1, 0.15) is 22.1 Å². The molecule has 3 nitrogen and oxygen atoms in total. The fourth-order valence-corrected chi connectivity index (χ4v) is 2.98. The van der Waals surface area contributed by atoms with Crippen molar-refractivity contribution in [2.24, 2.45) is 16.6 Å². The number of thiol groups is 1. The summed E-state index contributed by atoms with van der Waals surface area (Å²) in [6.45, 7) is 0.617. The van der Waals surface area contributed by atoms with Gasteiger partial charge in [0.2, 0.25) is 0 Å². The van der Waals surface area contributed by atoms with E-state index in [-0.39, 0.29) is 19.9 Å². The smallest absolute Gasteiger partial charge is 0.193 e. The molecule has 0 bridgehead atoms. The Morgan fingerprint density at radius 3 is 2.68 bits per heavy atom. The molecule has 1 saturated carbocycles. The summed E-state index contributed by atoms with van der Waals surface area (Å²) in [5, 5.41) is 2.89. The van der Waals surface area contributed by atoms with Crippen molar-refractivity contribution in [1.82, 2.24) is 0 Å². The lowest BCUT2D eigenvalue weighted by molar-refractivity contribution is 0.326. The average molecular weight is 369 g/mol. The molecule has 2 aromatic carbocycles. The molecular weight excluding hydrogens is 347 g/mol. The molecule has 0 saturated heterocycles. The van der Waals surface area contributed by atoms with Gasteiger partial charge < -0.3 is 11.1 Å². The third kappa shape index (κ3) is 3.92. The maximum atomic E-state index is 14.2.